The number of carbonyl (C=O) groups excluding carboxylic acids is 1. The van der Waals surface area contributed by atoms with Crippen LogP contribution in [0.3, 0.4) is 0 Å². The van der Waals surface area contributed by atoms with Gasteiger partial charge in [-0.3, -0.25) is 4.79 Å². The van der Waals surface area contributed by atoms with Crippen LogP contribution in [-0.4, -0.2) is 5.91 Å². The molecule has 31 heavy (non-hydrogen) atoms. The second kappa shape index (κ2) is 7.23. The number of halogens is 1. The Morgan fingerprint density at radius 1 is 0.935 bits per heavy atom. The number of para-hydroxylation sites is 1. The predicted molar refractivity (Wildman–Crippen MR) is 121 cm³/mol. The summed E-state index contributed by atoms with van der Waals surface area (Å²) in [6.07, 6.45) is 3.86. The Hall–Kier alpha value is -3.14. The fourth-order valence-electron chi connectivity index (χ4n) is 6.37. The zero-order valence-corrected chi connectivity index (χ0v) is 17.2. The first-order valence-electron chi connectivity index (χ1n) is 11.2. The number of carbonyl (C=O) groups is 1. The van der Waals surface area contributed by atoms with Gasteiger partial charge >= 0.3 is 0 Å². The van der Waals surface area contributed by atoms with Crippen LogP contribution >= 0.6 is 0 Å². The zero-order chi connectivity index (χ0) is 20.9. The summed E-state index contributed by atoms with van der Waals surface area (Å²) in [5.74, 6) is 1.76. The smallest absolute Gasteiger partial charge is 0.255 e. The number of hydrogen-bond acceptors (Lipinski definition) is 2. The molecule has 0 unspecified atom stereocenters. The van der Waals surface area contributed by atoms with Gasteiger partial charge in [-0.15, -0.1) is 0 Å². The van der Waals surface area contributed by atoms with E-state index in [4.69, 9.17) is 0 Å². The van der Waals surface area contributed by atoms with Crippen LogP contribution < -0.4 is 10.6 Å². The van der Waals surface area contributed by atoms with E-state index in [-0.39, 0.29) is 11.6 Å². The maximum atomic E-state index is 14.0. The molecule has 156 valence electrons. The Kier molecular flexibility index (Phi) is 4.34. The van der Waals surface area contributed by atoms with Crippen molar-refractivity contribution in [2.45, 2.75) is 31.2 Å². The second-order valence-corrected chi connectivity index (χ2v) is 9.21. The summed E-state index contributed by atoms with van der Waals surface area (Å²) in [5.41, 5.74) is 4.53. The van der Waals surface area contributed by atoms with Crippen LogP contribution in [0.1, 0.15) is 52.7 Å². The molecule has 3 aliphatic rings. The molecule has 4 heteroatoms. The van der Waals surface area contributed by atoms with Crippen molar-refractivity contribution >= 4 is 17.3 Å². The van der Waals surface area contributed by atoms with E-state index < -0.39 is 5.82 Å². The number of benzene rings is 3. The molecule has 0 radical (unpaired) electrons. The Morgan fingerprint density at radius 2 is 1.71 bits per heavy atom. The molecule has 2 aliphatic carbocycles. The van der Waals surface area contributed by atoms with Crippen molar-refractivity contribution in [3.8, 4) is 0 Å². The minimum atomic E-state index is -0.422. The van der Waals surface area contributed by atoms with Crippen molar-refractivity contribution in [3.05, 3.63) is 95.3 Å². The van der Waals surface area contributed by atoms with Gasteiger partial charge < -0.3 is 10.6 Å². The number of hydrogen-bond donors (Lipinski definition) is 2. The lowest BCUT2D eigenvalue weighted by molar-refractivity contribution is 0.102. The van der Waals surface area contributed by atoms with E-state index in [2.05, 4.69) is 41.0 Å². The van der Waals surface area contributed by atoms with Crippen LogP contribution in [0.2, 0.25) is 0 Å². The molecule has 3 nitrogen and oxygen atoms in total. The number of nitrogens with one attached hydrogen (secondary N) is 2. The summed E-state index contributed by atoms with van der Waals surface area (Å²) in [7, 11) is 0. The van der Waals surface area contributed by atoms with Crippen molar-refractivity contribution in [1.29, 1.82) is 0 Å². The van der Waals surface area contributed by atoms with Crippen LogP contribution in [-0.2, 0) is 0 Å². The molecule has 2 bridgehead atoms. The lowest BCUT2D eigenvalue weighted by Gasteiger charge is -2.43. The van der Waals surface area contributed by atoms with Crippen molar-refractivity contribution in [3.63, 3.8) is 0 Å². The fourth-order valence-corrected chi connectivity index (χ4v) is 6.37. The minimum Gasteiger partial charge on any atom is -0.378 e. The largest absolute Gasteiger partial charge is 0.378 e. The number of fused-ring (bicyclic) bond motifs is 7. The SMILES string of the molecule is O=C(Nc1ccccc1F)c1ccc2c(c1)[C@H]1[C@H]3CC[C@@H](C3)[C@@H]1[C@@H](c1ccccc1)N2. The lowest BCUT2D eigenvalue weighted by atomic mass is 9.68. The highest BCUT2D eigenvalue weighted by Crippen LogP contribution is 2.63. The van der Waals surface area contributed by atoms with E-state index >= 15 is 0 Å². The third kappa shape index (κ3) is 3.04. The highest BCUT2D eigenvalue weighted by atomic mass is 19.1. The minimum absolute atomic E-state index is 0.213. The van der Waals surface area contributed by atoms with Gasteiger partial charge in [0.1, 0.15) is 5.82 Å². The van der Waals surface area contributed by atoms with Gasteiger partial charge in [-0.2, -0.15) is 0 Å². The molecule has 1 aliphatic heterocycles. The van der Waals surface area contributed by atoms with Gasteiger partial charge in [0.2, 0.25) is 0 Å². The van der Waals surface area contributed by atoms with Gasteiger partial charge in [0.05, 0.1) is 11.7 Å². The van der Waals surface area contributed by atoms with Crippen molar-refractivity contribution in [1.82, 2.24) is 0 Å². The maximum Gasteiger partial charge on any atom is 0.255 e. The maximum absolute atomic E-state index is 14.0. The zero-order valence-electron chi connectivity index (χ0n) is 17.2. The number of anilines is 2. The Morgan fingerprint density at radius 3 is 2.55 bits per heavy atom. The Bertz CT molecular complexity index is 1140. The van der Waals surface area contributed by atoms with Crippen molar-refractivity contribution < 1.29 is 9.18 Å². The van der Waals surface area contributed by atoms with Gasteiger partial charge in [-0.25, -0.2) is 4.39 Å². The summed E-state index contributed by atoms with van der Waals surface area (Å²) in [4.78, 5) is 12.9. The third-order valence-corrected chi connectivity index (χ3v) is 7.63. The van der Waals surface area contributed by atoms with Gasteiger partial charge in [0.15, 0.2) is 0 Å². The van der Waals surface area contributed by atoms with Gasteiger partial charge in [0.25, 0.3) is 5.91 Å². The van der Waals surface area contributed by atoms with Gasteiger partial charge in [0, 0.05) is 11.3 Å². The van der Waals surface area contributed by atoms with Crippen molar-refractivity contribution in [2.75, 3.05) is 10.6 Å². The van der Waals surface area contributed by atoms with Crippen LogP contribution in [0.4, 0.5) is 15.8 Å². The van der Waals surface area contributed by atoms with E-state index in [1.165, 1.54) is 36.5 Å². The first kappa shape index (κ1) is 18.6. The highest BCUT2D eigenvalue weighted by Gasteiger charge is 2.53. The van der Waals surface area contributed by atoms with Crippen LogP contribution in [0.5, 0.6) is 0 Å². The molecule has 2 N–H and O–H groups in total. The summed E-state index contributed by atoms with van der Waals surface area (Å²) in [5, 5.41) is 6.53. The van der Waals surface area contributed by atoms with Crippen LogP contribution in [0, 0.1) is 23.6 Å². The molecule has 0 aromatic heterocycles. The molecular formula is C27H25FN2O. The average Bonchev–Trinajstić information content (AvgIpc) is 3.43. The molecule has 2 saturated carbocycles. The third-order valence-electron chi connectivity index (χ3n) is 7.63. The van der Waals surface area contributed by atoms with E-state index in [1.807, 2.05) is 18.2 Å². The highest BCUT2D eigenvalue weighted by molar-refractivity contribution is 6.04. The lowest BCUT2D eigenvalue weighted by Crippen LogP contribution is -2.35. The van der Waals surface area contributed by atoms with Crippen LogP contribution in [0.25, 0.3) is 0 Å². The normalized spacial score (nSPS) is 27.8. The summed E-state index contributed by atoms with van der Waals surface area (Å²) >= 11 is 0. The van der Waals surface area contributed by atoms with Gasteiger partial charge in [-0.1, -0.05) is 42.5 Å². The number of amides is 1. The van der Waals surface area contributed by atoms with E-state index in [1.54, 1.807) is 18.2 Å². The average molecular weight is 413 g/mol. The molecular weight excluding hydrogens is 387 g/mol. The monoisotopic (exact) mass is 412 g/mol. The molecule has 3 aromatic rings. The number of rotatable bonds is 3. The quantitative estimate of drug-likeness (QED) is 0.524. The standard InChI is InChI=1S/C27H25FN2O/c28-21-8-4-5-9-23(21)30-27(31)19-12-13-22-20(15-19)24-17-10-11-18(14-17)25(24)26(29-22)16-6-2-1-3-7-16/h1-9,12-13,15,17-18,24-26,29H,10-11,14H2,(H,30,31)/t17-,18-,24+,25-,26+/m0/s1. The summed E-state index contributed by atoms with van der Waals surface area (Å²) in [6, 6.07) is 23.3. The second-order valence-electron chi connectivity index (χ2n) is 9.21. The first-order chi connectivity index (χ1) is 15.2. The Labute approximate surface area is 181 Å². The summed E-state index contributed by atoms with van der Waals surface area (Å²) in [6.45, 7) is 0. The molecule has 0 saturated heterocycles. The molecule has 5 atom stereocenters. The molecule has 2 fully saturated rings. The predicted octanol–water partition coefficient (Wildman–Crippen LogP) is 6.37. The Balaban J connectivity index is 1.36. The van der Waals surface area contributed by atoms with E-state index in [0.29, 0.717) is 29.4 Å². The molecule has 1 heterocycles. The molecule has 6 rings (SSSR count). The summed E-state index contributed by atoms with van der Waals surface area (Å²) < 4.78 is 14.0. The van der Waals surface area contributed by atoms with Crippen LogP contribution in [0.15, 0.2) is 72.8 Å². The van der Waals surface area contributed by atoms with Crippen molar-refractivity contribution in [2.24, 2.45) is 17.8 Å². The molecule has 3 aromatic carbocycles. The van der Waals surface area contributed by atoms with E-state index in [9.17, 15) is 9.18 Å². The fraction of sp³-hybridized carbons (Fsp3) is 0.296. The topological polar surface area (TPSA) is 41.1 Å². The van der Waals surface area contributed by atoms with Gasteiger partial charge in [-0.05, 0) is 84.4 Å². The first-order valence-corrected chi connectivity index (χ1v) is 11.2. The molecule has 0 spiro atoms. The molecule has 1 amide bonds. The van der Waals surface area contributed by atoms with E-state index in [0.717, 1.165) is 11.6 Å².